The summed E-state index contributed by atoms with van der Waals surface area (Å²) in [6.45, 7) is 6.37. The second-order valence-corrected chi connectivity index (χ2v) is 7.40. The van der Waals surface area contributed by atoms with E-state index in [2.05, 4.69) is 9.80 Å². The maximum atomic E-state index is 13.1. The van der Waals surface area contributed by atoms with Crippen LogP contribution in [0.2, 0.25) is 0 Å². The summed E-state index contributed by atoms with van der Waals surface area (Å²) in [5.74, 6) is 1.47. The van der Waals surface area contributed by atoms with Gasteiger partial charge in [-0.2, -0.15) is 0 Å². The van der Waals surface area contributed by atoms with Gasteiger partial charge in [0.25, 0.3) is 5.91 Å². The number of carbonyl (C=O) groups is 1. The van der Waals surface area contributed by atoms with Crippen LogP contribution in [0.1, 0.15) is 28.9 Å². The molecule has 1 amide bonds. The van der Waals surface area contributed by atoms with Crippen LogP contribution in [0.4, 0.5) is 0 Å². The summed E-state index contributed by atoms with van der Waals surface area (Å²) >= 11 is 1.44. The van der Waals surface area contributed by atoms with Gasteiger partial charge in [0.15, 0.2) is 11.5 Å². The molecule has 4 heterocycles. The Bertz CT molecular complexity index is 585. The minimum atomic E-state index is 0.102. The number of rotatable bonds is 3. The van der Waals surface area contributed by atoms with Gasteiger partial charge in [-0.1, -0.05) is 0 Å². The van der Waals surface area contributed by atoms with Gasteiger partial charge in [-0.3, -0.25) is 9.69 Å². The van der Waals surface area contributed by atoms with E-state index in [0.29, 0.717) is 23.8 Å². The Hall–Kier alpha value is -1.31. The molecule has 0 saturated carbocycles. The predicted molar refractivity (Wildman–Crippen MR) is 91.2 cm³/mol. The van der Waals surface area contributed by atoms with Crippen LogP contribution in [-0.4, -0.2) is 74.4 Å². The third-order valence-electron chi connectivity index (χ3n) is 4.96. The highest BCUT2D eigenvalue weighted by molar-refractivity contribution is 7.12. The largest absolute Gasteiger partial charge is 0.485 e. The normalized spacial score (nSPS) is 24.8. The summed E-state index contributed by atoms with van der Waals surface area (Å²) in [5, 5.41) is 1.89. The van der Waals surface area contributed by atoms with Gasteiger partial charge in [0, 0.05) is 37.6 Å². The Morgan fingerprint density at radius 3 is 2.83 bits per heavy atom. The molecule has 1 aromatic rings. The standard InChI is InChI=1S/C17H24N2O4S/c20-17(16-15-14(12-24-16)22-9-10-23-15)19-4-2-1-3-13(19)11-18-5-7-21-8-6-18/h12-13H,1-11H2/t13-/m0/s1. The molecule has 0 unspecified atom stereocenters. The summed E-state index contributed by atoms with van der Waals surface area (Å²) in [5.41, 5.74) is 0. The fourth-order valence-corrected chi connectivity index (χ4v) is 4.57. The number of thiophene rings is 1. The molecular weight excluding hydrogens is 328 g/mol. The van der Waals surface area contributed by atoms with E-state index in [1.807, 2.05) is 5.38 Å². The lowest BCUT2D eigenvalue weighted by Gasteiger charge is -2.39. The molecule has 0 aromatic carbocycles. The van der Waals surface area contributed by atoms with Gasteiger partial charge < -0.3 is 19.1 Å². The van der Waals surface area contributed by atoms with E-state index >= 15 is 0 Å². The van der Waals surface area contributed by atoms with Gasteiger partial charge in [-0.25, -0.2) is 0 Å². The van der Waals surface area contributed by atoms with Crippen molar-refractivity contribution in [2.24, 2.45) is 0 Å². The zero-order valence-corrected chi connectivity index (χ0v) is 14.7. The van der Waals surface area contributed by atoms with E-state index in [1.54, 1.807) is 0 Å². The average Bonchev–Trinajstić information content (AvgIpc) is 3.07. The van der Waals surface area contributed by atoms with Gasteiger partial charge in [0.05, 0.1) is 13.2 Å². The van der Waals surface area contributed by atoms with Crippen LogP contribution in [0, 0.1) is 0 Å². The van der Waals surface area contributed by atoms with E-state index in [9.17, 15) is 4.79 Å². The molecule has 3 aliphatic rings. The number of fused-ring (bicyclic) bond motifs is 1. The second-order valence-electron chi connectivity index (χ2n) is 6.52. The fourth-order valence-electron chi connectivity index (χ4n) is 3.68. The number of amides is 1. The molecule has 0 bridgehead atoms. The molecular formula is C17H24N2O4S. The zero-order chi connectivity index (χ0) is 16.4. The lowest BCUT2D eigenvalue weighted by atomic mass is 10.0. The van der Waals surface area contributed by atoms with Crippen molar-refractivity contribution in [2.45, 2.75) is 25.3 Å². The molecule has 2 fully saturated rings. The Balaban J connectivity index is 1.49. The van der Waals surface area contributed by atoms with Crippen molar-refractivity contribution in [1.82, 2.24) is 9.80 Å². The minimum Gasteiger partial charge on any atom is -0.485 e. The molecule has 6 nitrogen and oxygen atoms in total. The highest BCUT2D eigenvalue weighted by Gasteiger charge is 2.33. The van der Waals surface area contributed by atoms with Gasteiger partial charge in [-0.05, 0) is 19.3 Å². The van der Waals surface area contributed by atoms with Gasteiger partial charge in [0.2, 0.25) is 0 Å². The van der Waals surface area contributed by atoms with Gasteiger partial charge in [0.1, 0.15) is 18.1 Å². The Morgan fingerprint density at radius 1 is 1.12 bits per heavy atom. The number of hydrogen-bond donors (Lipinski definition) is 0. The van der Waals surface area contributed by atoms with Crippen LogP contribution >= 0.6 is 11.3 Å². The quantitative estimate of drug-likeness (QED) is 0.831. The van der Waals surface area contributed by atoms with Crippen LogP contribution in [0.25, 0.3) is 0 Å². The number of ether oxygens (including phenoxy) is 3. The first-order valence-electron chi connectivity index (χ1n) is 8.81. The Kier molecular flexibility index (Phi) is 4.91. The number of piperidine rings is 1. The Labute approximate surface area is 146 Å². The minimum absolute atomic E-state index is 0.102. The smallest absolute Gasteiger partial charge is 0.268 e. The summed E-state index contributed by atoms with van der Waals surface area (Å²) in [6.07, 6.45) is 3.35. The van der Waals surface area contributed by atoms with Crippen LogP contribution < -0.4 is 9.47 Å². The number of nitrogens with zero attached hydrogens (tertiary/aromatic N) is 2. The third kappa shape index (κ3) is 3.25. The molecule has 4 rings (SSSR count). The molecule has 0 radical (unpaired) electrons. The molecule has 7 heteroatoms. The molecule has 1 atom stereocenters. The topological polar surface area (TPSA) is 51.2 Å². The first kappa shape index (κ1) is 16.2. The molecule has 0 spiro atoms. The molecule has 3 aliphatic heterocycles. The summed E-state index contributed by atoms with van der Waals surface area (Å²) in [7, 11) is 0. The lowest BCUT2D eigenvalue weighted by molar-refractivity contribution is 0.0166. The van der Waals surface area contributed by atoms with Gasteiger partial charge >= 0.3 is 0 Å². The first-order chi connectivity index (χ1) is 11.8. The molecule has 1 aromatic heterocycles. The summed E-state index contributed by atoms with van der Waals surface area (Å²) in [6, 6.07) is 0.284. The van der Waals surface area contributed by atoms with Crippen LogP contribution in [0.5, 0.6) is 11.5 Å². The van der Waals surface area contributed by atoms with Gasteiger partial charge in [-0.15, -0.1) is 11.3 Å². The van der Waals surface area contributed by atoms with Crippen molar-refractivity contribution >= 4 is 17.2 Å². The van der Waals surface area contributed by atoms with E-state index in [0.717, 1.165) is 58.0 Å². The molecule has 24 heavy (non-hydrogen) atoms. The number of likely N-dealkylation sites (tertiary alicyclic amines) is 1. The zero-order valence-electron chi connectivity index (χ0n) is 13.9. The van der Waals surface area contributed by atoms with Crippen molar-refractivity contribution < 1.29 is 19.0 Å². The van der Waals surface area contributed by atoms with E-state index in [4.69, 9.17) is 14.2 Å². The van der Waals surface area contributed by atoms with Crippen molar-refractivity contribution in [3.63, 3.8) is 0 Å². The van der Waals surface area contributed by atoms with Crippen molar-refractivity contribution in [2.75, 3.05) is 52.6 Å². The lowest BCUT2D eigenvalue weighted by Crippen LogP contribution is -2.51. The molecule has 0 N–H and O–H groups in total. The fraction of sp³-hybridized carbons (Fsp3) is 0.706. The maximum Gasteiger partial charge on any atom is 0.268 e. The van der Waals surface area contributed by atoms with Crippen molar-refractivity contribution in [1.29, 1.82) is 0 Å². The molecule has 2 saturated heterocycles. The number of morpholine rings is 1. The average molecular weight is 352 g/mol. The third-order valence-corrected chi connectivity index (χ3v) is 5.88. The Morgan fingerprint density at radius 2 is 1.96 bits per heavy atom. The highest BCUT2D eigenvalue weighted by atomic mass is 32.1. The van der Waals surface area contributed by atoms with Crippen LogP contribution in [-0.2, 0) is 4.74 Å². The molecule has 132 valence electrons. The summed E-state index contributed by atoms with van der Waals surface area (Å²) < 4.78 is 16.7. The van der Waals surface area contributed by atoms with Crippen LogP contribution in [0.15, 0.2) is 5.38 Å². The maximum absolute atomic E-state index is 13.1. The second kappa shape index (κ2) is 7.29. The predicted octanol–water partition coefficient (Wildman–Crippen LogP) is 1.85. The highest BCUT2D eigenvalue weighted by Crippen LogP contribution is 2.40. The first-order valence-corrected chi connectivity index (χ1v) is 9.69. The summed E-state index contributed by atoms with van der Waals surface area (Å²) in [4.78, 5) is 18.3. The SMILES string of the molecule is O=C(c1scc2c1OCCO2)N1CCCC[C@H]1CN1CCOCC1. The number of hydrogen-bond acceptors (Lipinski definition) is 6. The van der Waals surface area contributed by atoms with E-state index in [1.165, 1.54) is 17.8 Å². The number of carbonyl (C=O) groups excluding carboxylic acids is 1. The van der Waals surface area contributed by atoms with Crippen molar-refractivity contribution in [3.8, 4) is 11.5 Å². The van der Waals surface area contributed by atoms with E-state index in [-0.39, 0.29) is 11.9 Å². The monoisotopic (exact) mass is 352 g/mol. The molecule has 0 aliphatic carbocycles. The van der Waals surface area contributed by atoms with E-state index < -0.39 is 0 Å². The van der Waals surface area contributed by atoms with Crippen LogP contribution in [0.3, 0.4) is 0 Å². The van der Waals surface area contributed by atoms with Crippen molar-refractivity contribution in [3.05, 3.63) is 10.3 Å².